The Labute approximate surface area is 194 Å². The molecule has 3 rings (SSSR count). The van der Waals surface area contributed by atoms with E-state index in [1.54, 1.807) is 12.0 Å². The van der Waals surface area contributed by atoms with E-state index in [0.717, 1.165) is 47.0 Å². The van der Waals surface area contributed by atoms with Crippen LogP contribution in [0.25, 0.3) is 16.0 Å². The minimum absolute atomic E-state index is 0. The number of nitrogens with one attached hydrogen (secondary N) is 1. The molecule has 0 atom stereocenters. The zero-order valence-corrected chi connectivity index (χ0v) is 20.7. The minimum atomic E-state index is 0. The van der Waals surface area contributed by atoms with Crippen LogP contribution in [0.4, 0.5) is 0 Å². The van der Waals surface area contributed by atoms with Gasteiger partial charge in [-0.15, -0.1) is 24.8 Å². The highest BCUT2D eigenvalue weighted by Gasteiger charge is 2.21. The third-order valence-electron chi connectivity index (χ3n) is 4.47. The van der Waals surface area contributed by atoms with Crippen molar-refractivity contribution in [3.63, 3.8) is 0 Å². The summed E-state index contributed by atoms with van der Waals surface area (Å²) in [6, 6.07) is 6.30. The maximum absolute atomic E-state index is 12.8. The highest BCUT2D eigenvalue weighted by atomic mass is 35.5. The van der Waals surface area contributed by atoms with E-state index in [-0.39, 0.29) is 36.1 Å². The molecule has 2 aromatic heterocycles. The Bertz CT molecular complexity index is 965. The smallest absolute Gasteiger partial charge is 0.265 e. The topological polar surface area (TPSA) is 58.9 Å². The fraction of sp³-hybridized carbons (Fsp3) is 0.524. The third kappa shape index (κ3) is 6.56. The second-order valence-corrected chi connectivity index (χ2v) is 9.44. The van der Waals surface area contributed by atoms with Crippen molar-refractivity contribution in [3.8, 4) is 0 Å². The van der Waals surface area contributed by atoms with E-state index in [1.165, 1.54) is 16.9 Å². The average Bonchev–Trinajstić information content (AvgIpc) is 3.17. The molecule has 0 spiro atoms. The number of benzene rings is 1. The number of hydrogen-bond acceptors (Lipinski definition) is 5. The molecule has 30 heavy (non-hydrogen) atoms. The predicted molar refractivity (Wildman–Crippen MR) is 130 cm³/mol. The van der Waals surface area contributed by atoms with Gasteiger partial charge in [0, 0.05) is 40.1 Å². The van der Waals surface area contributed by atoms with Gasteiger partial charge in [-0.25, -0.2) is 4.98 Å². The van der Waals surface area contributed by atoms with Gasteiger partial charge in [-0.05, 0) is 36.1 Å². The van der Waals surface area contributed by atoms with Gasteiger partial charge in [-0.1, -0.05) is 38.2 Å². The van der Waals surface area contributed by atoms with Crippen molar-refractivity contribution >= 4 is 58.1 Å². The Morgan fingerprint density at radius 2 is 2.03 bits per heavy atom. The average molecular weight is 475 g/mol. The van der Waals surface area contributed by atoms with Gasteiger partial charge in [0.2, 0.25) is 0 Å². The van der Waals surface area contributed by atoms with Crippen LogP contribution >= 0.6 is 36.2 Å². The van der Waals surface area contributed by atoms with Crippen molar-refractivity contribution in [3.05, 3.63) is 34.8 Å². The van der Waals surface area contributed by atoms with Crippen molar-refractivity contribution in [1.29, 1.82) is 0 Å². The summed E-state index contributed by atoms with van der Waals surface area (Å²) in [5.74, 6) is 0.0505. The molecule has 1 amide bonds. The minimum Gasteiger partial charge on any atom is -0.385 e. The lowest BCUT2D eigenvalue weighted by molar-refractivity contribution is 0.0750. The summed E-state index contributed by atoms with van der Waals surface area (Å²) in [4.78, 5) is 20.9. The number of carbonyl (C=O) groups excluding carboxylic acids is 1. The molecule has 0 radical (unpaired) electrons. The van der Waals surface area contributed by atoms with Crippen LogP contribution in [0, 0.1) is 5.41 Å². The number of methoxy groups -OCH3 is 1. The molecule has 6 nitrogen and oxygen atoms in total. The van der Waals surface area contributed by atoms with Crippen LogP contribution in [0.5, 0.6) is 0 Å². The van der Waals surface area contributed by atoms with E-state index in [4.69, 9.17) is 4.74 Å². The monoisotopic (exact) mass is 474 g/mol. The van der Waals surface area contributed by atoms with Gasteiger partial charge in [0.1, 0.15) is 4.88 Å². The predicted octanol–water partition coefficient (Wildman–Crippen LogP) is 4.64. The van der Waals surface area contributed by atoms with Crippen LogP contribution in [-0.2, 0) is 11.3 Å². The van der Waals surface area contributed by atoms with Gasteiger partial charge < -0.3 is 15.0 Å². The quantitative estimate of drug-likeness (QED) is 0.483. The number of ether oxygens (including phenoxy) is 1. The summed E-state index contributed by atoms with van der Waals surface area (Å²) in [6.07, 6.45) is 2.92. The van der Waals surface area contributed by atoms with Gasteiger partial charge in [-0.2, -0.15) is 0 Å². The first-order valence-electron chi connectivity index (χ1n) is 9.64. The molecule has 0 aliphatic heterocycles. The number of thiazole rings is 1. The second kappa shape index (κ2) is 11.3. The number of hydrogen-bond donors (Lipinski definition) is 1. The second-order valence-electron chi connectivity index (χ2n) is 8.43. The van der Waals surface area contributed by atoms with E-state index in [1.807, 2.05) is 17.6 Å². The molecule has 1 N–H and O–H groups in total. The van der Waals surface area contributed by atoms with Crippen LogP contribution in [0.15, 0.2) is 24.4 Å². The first kappa shape index (κ1) is 26.7. The number of aromatic nitrogens is 2. The van der Waals surface area contributed by atoms with Crippen LogP contribution in [0.2, 0.25) is 0 Å². The third-order valence-corrected chi connectivity index (χ3v) is 5.44. The lowest BCUT2D eigenvalue weighted by Crippen LogP contribution is -2.34. The molecule has 0 aliphatic rings. The Morgan fingerprint density at radius 3 is 2.70 bits per heavy atom. The molecule has 1 aromatic carbocycles. The SMILES string of the molecule is COCCCNCc1ccc2nc3sc(C(=O)N(C)CC(C)(C)C)cn3c2c1.Cl.Cl. The summed E-state index contributed by atoms with van der Waals surface area (Å²) in [5.41, 5.74) is 3.27. The molecule has 0 unspecified atom stereocenters. The van der Waals surface area contributed by atoms with Crippen molar-refractivity contribution < 1.29 is 9.53 Å². The van der Waals surface area contributed by atoms with E-state index in [2.05, 4.69) is 49.3 Å². The van der Waals surface area contributed by atoms with E-state index in [9.17, 15) is 4.79 Å². The van der Waals surface area contributed by atoms with Crippen molar-refractivity contribution in [2.45, 2.75) is 33.7 Å². The molecular weight excluding hydrogens is 443 g/mol. The maximum Gasteiger partial charge on any atom is 0.265 e. The maximum atomic E-state index is 12.8. The number of carbonyl (C=O) groups is 1. The molecule has 0 bridgehead atoms. The van der Waals surface area contributed by atoms with E-state index < -0.39 is 0 Å². The largest absolute Gasteiger partial charge is 0.385 e. The molecule has 9 heteroatoms. The van der Waals surface area contributed by atoms with Gasteiger partial charge in [0.05, 0.1) is 11.0 Å². The van der Waals surface area contributed by atoms with Crippen molar-refractivity contribution in [2.24, 2.45) is 5.41 Å². The Balaban J connectivity index is 0.00000225. The first-order valence-corrected chi connectivity index (χ1v) is 10.5. The standard InChI is InChI=1S/C21H30N4O2S.2ClH/c1-21(2,3)14-24(4)19(26)18-13-25-17-11-15(12-22-9-6-10-27-5)7-8-16(17)23-20(25)28-18;;/h7-8,11,13,22H,6,9-10,12,14H2,1-5H3;2*1H. The zero-order chi connectivity index (χ0) is 20.3. The van der Waals surface area contributed by atoms with E-state index >= 15 is 0 Å². The fourth-order valence-corrected chi connectivity index (χ4v) is 4.30. The van der Waals surface area contributed by atoms with Crippen LogP contribution in [0.1, 0.15) is 42.4 Å². The number of amides is 1. The molecule has 0 aliphatic carbocycles. The summed E-state index contributed by atoms with van der Waals surface area (Å²) < 4.78 is 7.11. The summed E-state index contributed by atoms with van der Waals surface area (Å²) in [5, 5.41) is 3.43. The summed E-state index contributed by atoms with van der Waals surface area (Å²) in [6.45, 7) is 9.61. The summed E-state index contributed by atoms with van der Waals surface area (Å²) in [7, 11) is 3.58. The normalized spacial score (nSPS) is 11.4. The van der Waals surface area contributed by atoms with Crippen molar-refractivity contribution in [1.82, 2.24) is 19.6 Å². The lowest BCUT2D eigenvalue weighted by Gasteiger charge is -2.26. The van der Waals surface area contributed by atoms with Gasteiger partial charge >= 0.3 is 0 Å². The Kier molecular flexibility index (Phi) is 10.0. The number of fused-ring (bicyclic) bond motifs is 3. The Hall–Kier alpha value is -1.38. The van der Waals surface area contributed by atoms with E-state index in [0.29, 0.717) is 6.54 Å². The molecular formula is C21H32Cl2N4O2S. The van der Waals surface area contributed by atoms with Crippen molar-refractivity contribution in [2.75, 3.05) is 33.9 Å². The molecule has 0 saturated heterocycles. The van der Waals surface area contributed by atoms with Crippen LogP contribution < -0.4 is 5.32 Å². The molecule has 0 saturated carbocycles. The molecule has 2 heterocycles. The van der Waals surface area contributed by atoms with Gasteiger partial charge in [-0.3, -0.25) is 9.20 Å². The highest BCUT2D eigenvalue weighted by Crippen LogP contribution is 2.26. The first-order chi connectivity index (χ1) is 13.3. The van der Waals surface area contributed by atoms with Gasteiger partial charge in [0.25, 0.3) is 5.91 Å². The number of halogens is 2. The van der Waals surface area contributed by atoms with Crippen LogP contribution in [0.3, 0.4) is 0 Å². The highest BCUT2D eigenvalue weighted by molar-refractivity contribution is 7.18. The molecule has 0 fully saturated rings. The number of imidazole rings is 1. The number of rotatable bonds is 8. The molecule has 3 aromatic rings. The van der Waals surface area contributed by atoms with Crippen LogP contribution in [-0.4, -0.2) is 54.0 Å². The number of nitrogens with zero attached hydrogens (tertiary/aromatic N) is 3. The lowest BCUT2D eigenvalue weighted by atomic mass is 9.96. The summed E-state index contributed by atoms with van der Waals surface area (Å²) >= 11 is 1.45. The zero-order valence-electron chi connectivity index (χ0n) is 18.2. The Morgan fingerprint density at radius 1 is 1.30 bits per heavy atom. The molecule has 168 valence electrons. The van der Waals surface area contributed by atoms with Gasteiger partial charge in [0.15, 0.2) is 4.96 Å². The fourth-order valence-electron chi connectivity index (χ4n) is 3.31.